The molecule has 2 aromatic rings. The molecule has 0 unspecified atom stereocenters. The second-order valence-corrected chi connectivity index (χ2v) is 6.79. The van der Waals surface area contributed by atoms with Crippen LogP contribution in [-0.2, 0) is 6.54 Å². The number of aromatic nitrogens is 3. The molecule has 8 nitrogen and oxygen atoms in total. The third-order valence-corrected chi connectivity index (χ3v) is 4.72. The highest BCUT2D eigenvalue weighted by molar-refractivity contribution is 5.95. The summed E-state index contributed by atoms with van der Waals surface area (Å²) in [6, 6.07) is 4.72. The molecule has 2 fully saturated rings. The minimum Gasteiger partial charge on any atom is -0.345 e. The number of non-ortho nitro benzene ring substituents is 1. The second kappa shape index (κ2) is 5.94. The molecule has 1 heterocycles. The third-order valence-electron chi connectivity index (χ3n) is 4.72. The van der Waals surface area contributed by atoms with Crippen molar-refractivity contribution in [2.45, 2.75) is 51.1 Å². The van der Waals surface area contributed by atoms with Crippen molar-refractivity contribution >= 4 is 11.6 Å². The molecular formula is C17H19N5O3. The van der Waals surface area contributed by atoms with Crippen LogP contribution in [0.15, 0.2) is 18.2 Å². The van der Waals surface area contributed by atoms with E-state index >= 15 is 0 Å². The van der Waals surface area contributed by atoms with E-state index in [9.17, 15) is 14.9 Å². The Balaban J connectivity index is 1.48. The number of nitro groups is 1. The fourth-order valence-electron chi connectivity index (χ4n) is 3.08. The van der Waals surface area contributed by atoms with Crippen LogP contribution >= 0.6 is 0 Å². The van der Waals surface area contributed by atoms with Gasteiger partial charge in [0.2, 0.25) is 0 Å². The van der Waals surface area contributed by atoms with Crippen LogP contribution in [0.1, 0.15) is 65.2 Å². The zero-order valence-corrected chi connectivity index (χ0v) is 13.9. The first-order valence-electron chi connectivity index (χ1n) is 8.51. The van der Waals surface area contributed by atoms with Gasteiger partial charge in [-0.3, -0.25) is 14.9 Å². The molecule has 0 aliphatic heterocycles. The Labute approximate surface area is 144 Å². The van der Waals surface area contributed by atoms with Crippen molar-refractivity contribution in [2.24, 2.45) is 0 Å². The van der Waals surface area contributed by atoms with E-state index in [0.29, 0.717) is 29.6 Å². The highest BCUT2D eigenvalue weighted by atomic mass is 16.6. The lowest BCUT2D eigenvalue weighted by Gasteiger charge is -2.10. The Hall–Kier alpha value is -2.77. The lowest BCUT2D eigenvalue weighted by molar-refractivity contribution is -0.384. The smallest absolute Gasteiger partial charge is 0.269 e. The Morgan fingerprint density at radius 3 is 2.68 bits per heavy atom. The zero-order valence-electron chi connectivity index (χ0n) is 13.9. The molecule has 1 N–H and O–H groups in total. The van der Waals surface area contributed by atoms with Gasteiger partial charge in [-0.15, -0.1) is 10.2 Å². The summed E-state index contributed by atoms with van der Waals surface area (Å²) in [4.78, 5) is 22.8. The number of aryl methyl sites for hydroxylation is 1. The fourth-order valence-corrected chi connectivity index (χ4v) is 3.08. The number of hydrogen-bond acceptors (Lipinski definition) is 5. The number of nitrogens with one attached hydrogen (secondary N) is 1. The Morgan fingerprint density at radius 1 is 1.32 bits per heavy atom. The van der Waals surface area contributed by atoms with E-state index in [4.69, 9.17) is 0 Å². The first-order valence-corrected chi connectivity index (χ1v) is 8.51. The van der Waals surface area contributed by atoms with Gasteiger partial charge in [-0.25, -0.2) is 0 Å². The maximum absolute atomic E-state index is 12.4. The van der Waals surface area contributed by atoms with E-state index in [-0.39, 0.29) is 11.6 Å². The van der Waals surface area contributed by atoms with Crippen LogP contribution in [-0.4, -0.2) is 25.6 Å². The molecule has 2 aliphatic rings. The van der Waals surface area contributed by atoms with E-state index < -0.39 is 4.92 Å². The monoisotopic (exact) mass is 341 g/mol. The summed E-state index contributed by atoms with van der Waals surface area (Å²) in [6.45, 7) is 2.01. The molecule has 0 bridgehead atoms. The third kappa shape index (κ3) is 3.11. The highest BCUT2D eigenvalue weighted by Crippen LogP contribution is 2.44. The summed E-state index contributed by atoms with van der Waals surface area (Å²) in [7, 11) is 0. The lowest BCUT2D eigenvalue weighted by Crippen LogP contribution is -2.25. The van der Waals surface area contributed by atoms with Gasteiger partial charge >= 0.3 is 0 Å². The zero-order chi connectivity index (χ0) is 17.6. The molecule has 0 radical (unpaired) electrons. The predicted octanol–water partition coefficient (Wildman–Crippen LogP) is 2.64. The van der Waals surface area contributed by atoms with Crippen LogP contribution in [0.3, 0.4) is 0 Å². The van der Waals surface area contributed by atoms with Crippen LogP contribution in [0.2, 0.25) is 0 Å². The molecule has 1 aromatic carbocycles. The molecule has 8 heteroatoms. The SMILES string of the molecule is Cc1cc([N+](=O)[O-])ccc1C(=O)NCc1nnc(C2CC2)n1C1CC1. The highest BCUT2D eigenvalue weighted by Gasteiger charge is 2.36. The fraction of sp³-hybridized carbons (Fsp3) is 0.471. The van der Waals surface area contributed by atoms with Gasteiger partial charge in [0.25, 0.3) is 11.6 Å². The molecule has 1 aromatic heterocycles. The maximum atomic E-state index is 12.4. The minimum absolute atomic E-state index is 0.0170. The quantitative estimate of drug-likeness (QED) is 0.642. The minimum atomic E-state index is -0.466. The molecular weight excluding hydrogens is 322 g/mol. The number of hydrogen-bond donors (Lipinski definition) is 1. The number of carbonyl (C=O) groups excluding carboxylic acids is 1. The molecule has 25 heavy (non-hydrogen) atoms. The first-order chi connectivity index (χ1) is 12.0. The molecule has 4 rings (SSSR count). The van der Waals surface area contributed by atoms with E-state index in [1.165, 1.54) is 31.0 Å². The van der Waals surface area contributed by atoms with Gasteiger partial charge in [-0.2, -0.15) is 0 Å². The van der Waals surface area contributed by atoms with Crippen molar-refractivity contribution in [3.8, 4) is 0 Å². The van der Waals surface area contributed by atoms with Crippen molar-refractivity contribution in [1.29, 1.82) is 0 Å². The molecule has 130 valence electrons. The van der Waals surface area contributed by atoms with Gasteiger partial charge in [0.15, 0.2) is 5.82 Å². The van der Waals surface area contributed by atoms with Gasteiger partial charge in [0.05, 0.1) is 11.5 Å². The predicted molar refractivity (Wildman–Crippen MR) is 89.3 cm³/mol. The van der Waals surface area contributed by atoms with Crippen molar-refractivity contribution in [2.75, 3.05) is 0 Å². The van der Waals surface area contributed by atoms with Crippen molar-refractivity contribution in [3.63, 3.8) is 0 Å². The molecule has 2 aliphatic carbocycles. The normalized spacial score (nSPS) is 16.7. The Kier molecular flexibility index (Phi) is 3.74. The lowest BCUT2D eigenvalue weighted by atomic mass is 10.1. The number of nitro benzene ring substituents is 1. The van der Waals surface area contributed by atoms with E-state index in [2.05, 4.69) is 20.1 Å². The topological polar surface area (TPSA) is 103 Å². The van der Waals surface area contributed by atoms with Gasteiger partial charge in [-0.1, -0.05) is 0 Å². The average Bonchev–Trinajstić information content (AvgIpc) is 3.51. The van der Waals surface area contributed by atoms with E-state index in [1.807, 2.05) is 0 Å². The van der Waals surface area contributed by atoms with Gasteiger partial charge < -0.3 is 9.88 Å². The number of carbonyl (C=O) groups is 1. The maximum Gasteiger partial charge on any atom is 0.269 e. The number of amides is 1. The van der Waals surface area contributed by atoms with Crippen LogP contribution in [0.4, 0.5) is 5.69 Å². The van der Waals surface area contributed by atoms with Crippen LogP contribution in [0, 0.1) is 17.0 Å². The molecule has 2 saturated carbocycles. The summed E-state index contributed by atoms with van der Waals surface area (Å²) in [6.07, 6.45) is 4.61. The largest absolute Gasteiger partial charge is 0.345 e. The summed E-state index contributed by atoms with van der Waals surface area (Å²) >= 11 is 0. The Morgan fingerprint density at radius 2 is 2.08 bits per heavy atom. The summed E-state index contributed by atoms with van der Waals surface area (Å²) in [5.74, 6) is 2.11. The van der Waals surface area contributed by atoms with Crippen molar-refractivity contribution in [3.05, 3.63) is 51.1 Å². The van der Waals surface area contributed by atoms with E-state index in [0.717, 1.165) is 24.5 Å². The van der Waals surface area contributed by atoms with Gasteiger partial charge in [-0.05, 0) is 44.2 Å². The number of benzene rings is 1. The van der Waals surface area contributed by atoms with Crippen LogP contribution in [0.25, 0.3) is 0 Å². The summed E-state index contributed by atoms with van der Waals surface area (Å²) < 4.78 is 2.20. The van der Waals surface area contributed by atoms with Crippen molar-refractivity contribution < 1.29 is 9.72 Å². The molecule has 1 amide bonds. The van der Waals surface area contributed by atoms with Gasteiger partial charge in [0, 0.05) is 29.7 Å². The van der Waals surface area contributed by atoms with Crippen molar-refractivity contribution in [1.82, 2.24) is 20.1 Å². The summed E-state index contributed by atoms with van der Waals surface area (Å²) in [5.41, 5.74) is 0.996. The summed E-state index contributed by atoms with van der Waals surface area (Å²) in [5, 5.41) is 22.3. The standard InChI is InChI=1S/C17H19N5O3/c1-10-8-13(22(24)25)6-7-14(10)17(23)18-9-15-19-20-16(11-2-3-11)21(15)12-4-5-12/h6-8,11-12H,2-5,9H2,1H3,(H,18,23). The Bertz CT molecular complexity index is 852. The average molecular weight is 341 g/mol. The number of rotatable bonds is 6. The number of nitrogens with zero attached hydrogens (tertiary/aromatic N) is 4. The molecule has 0 spiro atoms. The first kappa shape index (κ1) is 15.7. The van der Waals surface area contributed by atoms with Crippen LogP contribution < -0.4 is 5.32 Å². The van der Waals surface area contributed by atoms with Gasteiger partial charge in [0.1, 0.15) is 5.82 Å². The molecule has 0 saturated heterocycles. The molecule has 0 atom stereocenters. The second-order valence-electron chi connectivity index (χ2n) is 6.79. The van der Waals surface area contributed by atoms with E-state index in [1.54, 1.807) is 6.92 Å². The van der Waals surface area contributed by atoms with Crippen LogP contribution in [0.5, 0.6) is 0 Å².